The first-order valence-corrected chi connectivity index (χ1v) is 10.5. The van der Waals surface area contributed by atoms with Crippen molar-refractivity contribution in [3.8, 4) is 0 Å². The summed E-state index contributed by atoms with van der Waals surface area (Å²) in [6.45, 7) is 4.93. The van der Waals surface area contributed by atoms with E-state index in [-0.39, 0.29) is 0 Å². The number of benzene rings is 1. The summed E-state index contributed by atoms with van der Waals surface area (Å²) in [5.74, 6) is 3.09. The maximum atomic E-state index is 5.06. The van der Waals surface area contributed by atoms with Gasteiger partial charge in [-0.05, 0) is 18.1 Å². The molecule has 1 saturated heterocycles. The van der Waals surface area contributed by atoms with Crippen LogP contribution in [-0.4, -0.2) is 56.3 Å². The fourth-order valence-corrected chi connectivity index (χ4v) is 3.58. The van der Waals surface area contributed by atoms with Gasteiger partial charge in [-0.25, -0.2) is 19.9 Å². The zero-order valence-electron chi connectivity index (χ0n) is 17.7. The van der Waals surface area contributed by atoms with E-state index >= 15 is 0 Å². The molecule has 0 spiro atoms. The number of aromatic nitrogens is 6. The van der Waals surface area contributed by atoms with Gasteiger partial charge in [-0.2, -0.15) is 4.98 Å². The third-order valence-corrected chi connectivity index (χ3v) is 5.22. The lowest BCUT2D eigenvalue weighted by atomic mass is 10.1. The van der Waals surface area contributed by atoms with Crippen LogP contribution in [0.25, 0.3) is 0 Å². The van der Waals surface area contributed by atoms with Gasteiger partial charge in [0.2, 0.25) is 17.8 Å². The third kappa shape index (κ3) is 4.64. The van der Waals surface area contributed by atoms with Crippen molar-refractivity contribution < 1.29 is 4.52 Å². The van der Waals surface area contributed by atoms with Crippen LogP contribution in [0.3, 0.4) is 0 Å². The minimum absolute atomic E-state index is 0.433. The van der Waals surface area contributed by atoms with Crippen molar-refractivity contribution >= 4 is 23.7 Å². The van der Waals surface area contributed by atoms with Crippen LogP contribution in [0.4, 0.5) is 23.7 Å². The van der Waals surface area contributed by atoms with Crippen LogP contribution < -0.4 is 15.1 Å². The third-order valence-electron chi connectivity index (χ3n) is 5.22. The van der Waals surface area contributed by atoms with Crippen LogP contribution in [0.15, 0.2) is 59.6 Å². The Labute approximate surface area is 185 Å². The molecule has 0 amide bonds. The number of hydrogen-bond acceptors (Lipinski definition) is 10. The van der Waals surface area contributed by atoms with Crippen LogP contribution in [0.5, 0.6) is 0 Å². The molecule has 5 rings (SSSR count). The molecule has 0 atom stereocenters. The van der Waals surface area contributed by atoms with E-state index in [0.29, 0.717) is 23.5 Å². The standard InChI is InChI=1S/C22H23N9O/c1-16-11-19(29-32-16)27-20-25-15-26-22(28-20)31-9-7-30(8-10-31)21-23-13-18(14-24-21)12-17-5-3-2-4-6-17/h2-6,11,13-15H,7-10,12H2,1H3,(H,25,26,27,28,29). The minimum Gasteiger partial charge on any atom is -0.360 e. The Morgan fingerprint density at radius 3 is 2.28 bits per heavy atom. The lowest BCUT2D eigenvalue weighted by Gasteiger charge is -2.34. The van der Waals surface area contributed by atoms with Crippen LogP contribution >= 0.6 is 0 Å². The molecule has 162 valence electrons. The summed E-state index contributed by atoms with van der Waals surface area (Å²) in [6, 6.07) is 12.1. The van der Waals surface area contributed by atoms with Gasteiger partial charge in [0.1, 0.15) is 12.1 Å². The molecule has 0 bridgehead atoms. The number of piperazine rings is 1. The summed E-state index contributed by atoms with van der Waals surface area (Å²) in [4.78, 5) is 26.5. The zero-order chi connectivity index (χ0) is 21.8. The molecule has 1 fully saturated rings. The van der Waals surface area contributed by atoms with Crippen LogP contribution in [0.2, 0.25) is 0 Å². The van der Waals surface area contributed by atoms with Crippen molar-refractivity contribution in [1.82, 2.24) is 30.1 Å². The summed E-state index contributed by atoms with van der Waals surface area (Å²) in [7, 11) is 0. The number of rotatable bonds is 6. The van der Waals surface area contributed by atoms with Crippen molar-refractivity contribution in [1.29, 1.82) is 0 Å². The number of nitrogens with zero attached hydrogens (tertiary/aromatic N) is 8. The normalized spacial score (nSPS) is 13.9. The molecule has 1 aliphatic rings. The quantitative estimate of drug-likeness (QED) is 0.491. The highest BCUT2D eigenvalue weighted by Gasteiger charge is 2.21. The molecule has 1 aliphatic heterocycles. The summed E-state index contributed by atoms with van der Waals surface area (Å²) in [5.41, 5.74) is 2.36. The summed E-state index contributed by atoms with van der Waals surface area (Å²) < 4.78 is 5.06. The molecule has 0 unspecified atom stereocenters. The van der Waals surface area contributed by atoms with Gasteiger partial charge in [-0.3, -0.25) is 0 Å². The molecule has 4 aromatic rings. The molecule has 32 heavy (non-hydrogen) atoms. The maximum absolute atomic E-state index is 5.06. The topological polar surface area (TPSA) is 109 Å². The fourth-order valence-electron chi connectivity index (χ4n) is 3.58. The molecular formula is C22H23N9O. The van der Waals surface area contributed by atoms with Crippen molar-refractivity contribution in [2.24, 2.45) is 0 Å². The highest BCUT2D eigenvalue weighted by molar-refractivity contribution is 5.49. The van der Waals surface area contributed by atoms with Gasteiger partial charge in [-0.15, -0.1) is 0 Å². The van der Waals surface area contributed by atoms with Crippen molar-refractivity contribution in [2.45, 2.75) is 13.3 Å². The largest absolute Gasteiger partial charge is 0.360 e. The Kier molecular flexibility index (Phi) is 5.56. The maximum Gasteiger partial charge on any atom is 0.233 e. The Hall–Kier alpha value is -4.08. The van der Waals surface area contributed by atoms with E-state index in [1.165, 1.54) is 11.9 Å². The molecule has 10 heteroatoms. The minimum atomic E-state index is 0.433. The molecule has 3 aromatic heterocycles. The highest BCUT2D eigenvalue weighted by Crippen LogP contribution is 2.18. The van der Waals surface area contributed by atoms with E-state index in [0.717, 1.165) is 44.1 Å². The smallest absolute Gasteiger partial charge is 0.233 e. The molecular weight excluding hydrogens is 406 g/mol. The average Bonchev–Trinajstić information content (AvgIpc) is 3.25. The van der Waals surface area contributed by atoms with Gasteiger partial charge >= 0.3 is 0 Å². The molecule has 0 saturated carbocycles. The number of anilines is 4. The van der Waals surface area contributed by atoms with Gasteiger partial charge in [0, 0.05) is 51.1 Å². The second-order valence-electron chi connectivity index (χ2n) is 7.58. The monoisotopic (exact) mass is 429 g/mol. The first-order chi connectivity index (χ1) is 15.7. The summed E-state index contributed by atoms with van der Waals surface area (Å²) in [6.07, 6.45) is 6.16. The Bertz CT molecular complexity index is 1160. The van der Waals surface area contributed by atoms with Gasteiger partial charge in [0.05, 0.1) is 0 Å². The first-order valence-electron chi connectivity index (χ1n) is 10.5. The fraction of sp³-hybridized carbons (Fsp3) is 0.273. The SMILES string of the molecule is Cc1cc(Nc2ncnc(N3CCN(c4ncc(Cc5ccccc5)cn4)CC3)n2)no1. The van der Waals surface area contributed by atoms with Crippen LogP contribution in [0, 0.1) is 6.92 Å². The predicted molar refractivity (Wildman–Crippen MR) is 120 cm³/mol. The first kappa shape index (κ1) is 19.9. The Morgan fingerprint density at radius 2 is 1.59 bits per heavy atom. The second-order valence-corrected chi connectivity index (χ2v) is 7.58. The Morgan fingerprint density at radius 1 is 0.875 bits per heavy atom. The van der Waals surface area contributed by atoms with Gasteiger partial charge in [0.15, 0.2) is 5.82 Å². The van der Waals surface area contributed by atoms with E-state index in [1.54, 1.807) is 6.07 Å². The van der Waals surface area contributed by atoms with E-state index in [1.807, 2.05) is 37.5 Å². The van der Waals surface area contributed by atoms with Crippen LogP contribution in [-0.2, 0) is 6.42 Å². The second kappa shape index (κ2) is 8.96. The van der Waals surface area contributed by atoms with Crippen LogP contribution in [0.1, 0.15) is 16.9 Å². The van der Waals surface area contributed by atoms with Gasteiger partial charge < -0.3 is 19.6 Å². The summed E-state index contributed by atoms with van der Waals surface area (Å²) in [5, 5.41) is 6.94. The van der Waals surface area contributed by atoms with Gasteiger partial charge in [0.25, 0.3) is 0 Å². The van der Waals surface area contributed by atoms with E-state index in [9.17, 15) is 0 Å². The molecule has 4 heterocycles. The number of hydrogen-bond donors (Lipinski definition) is 1. The number of aryl methyl sites for hydroxylation is 1. The molecule has 1 N–H and O–H groups in total. The number of nitrogens with one attached hydrogen (secondary N) is 1. The molecule has 0 aliphatic carbocycles. The molecule has 10 nitrogen and oxygen atoms in total. The average molecular weight is 429 g/mol. The van der Waals surface area contributed by atoms with Crippen molar-refractivity contribution in [2.75, 3.05) is 41.3 Å². The van der Waals surface area contributed by atoms with E-state index in [4.69, 9.17) is 4.52 Å². The summed E-state index contributed by atoms with van der Waals surface area (Å²) >= 11 is 0. The Balaban J connectivity index is 1.18. The van der Waals surface area contributed by atoms with Gasteiger partial charge in [-0.1, -0.05) is 35.5 Å². The van der Waals surface area contributed by atoms with E-state index < -0.39 is 0 Å². The van der Waals surface area contributed by atoms with E-state index in [2.05, 4.69) is 57.3 Å². The highest BCUT2D eigenvalue weighted by atomic mass is 16.5. The van der Waals surface area contributed by atoms with Crippen molar-refractivity contribution in [3.05, 3.63) is 72.0 Å². The zero-order valence-corrected chi connectivity index (χ0v) is 17.7. The molecule has 1 aromatic carbocycles. The molecule has 0 radical (unpaired) electrons. The predicted octanol–water partition coefficient (Wildman–Crippen LogP) is 2.62. The van der Waals surface area contributed by atoms with Crippen molar-refractivity contribution in [3.63, 3.8) is 0 Å². The lowest BCUT2D eigenvalue weighted by Crippen LogP contribution is -2.47. The lowest BCUT2D eigenvalue weighted by molar-refractivity contribution is 0.400.